The van der Waals surface area contributed by atoms with E-state index in [2.05, 4.69) is 15.0 Å². The van der Waals surface area contributed by atoms with E-state index < -0.39 is 11.2 Å². The van der Waals surface area contributed by atoms with Crippen molar-refractivity contribution in [2.45, 2.75) is 0 Å². The monoisotopic (exact) mass is 193 g/mol. The standard InChI is InChI=1S/C8H7N3O3/c1-14-5-3-2-4-6(10-5)7(12)11-8(13)9-4/h2-3H,1H3,(H2,9,11,12,13). The van der Waals surface area contributed by atoms with Crippen molar-refractivity contribution in [3.63, 3.8) is 0 Å². The van der Waals surface area contributed by atoms with Gasteiger partial charge in [0.1, 0.15) is 0 Å². The maximum absolute atomic E-state index is 11.3. The van der Waals surface area contributed by atoms with Gasteiger partial charge in [-0.2, -0.15) is 0 Å². The van der Waals surface area contributed by atoms with E-state index >= 15 is 0 Å². The third-order valence-corrected chi connectivity index (χ3v) is 1.77. The summed E-state index contributed by atoms with van der Waals surface area (Å²) in [7, 11) is 1.45. The SMILES string of the molecule is COc1ccc2[nH]c(=O)[nH]c(=O)c2n1. The summed E-state index contributed by atoms with van der Waals surface area (Å²) in [6.45, 7) is 0. The molecular weight excluding hydrogens is 186 g/mol. The Morgan fingerprint density at radius 1 is 1.29 bits per heavy atom. The highest BCUT2D eigenvalue weighted by Crippen LogP contribution is 2.08. The van der Waals surface area contributed by atoms with E-state index in [1.807, 2.05) is 0 Å². The molecule has 14 heavy (non-hydrogen) atoms. The zero-order chi connectivity index (χ0) is 10.1. The number of aromatic amines is 2. The van der Waals surface area contributed by atoms with Crippen molar-refractivity contribution in [1.82, 2.24) is 15.0 Å². The highest BCUT2D eigenvalue weighted by Gasteiger charge is 2.02. The number of hydrogen-bond acceptors (Lipinski definition) is 4. The Balaban J connectivity index is 2.89. The first kappa shape index (κ1) is 8.49. The summed E-state index contributed by atoms with van der Waals surface area (Å²) < 4.78 is 4.85. The van der Waals surface area contributed by atoms with E-state index in [1.165, 1.54) is 7.11 Å². The predicted molar refractivity (Wildman–Crippen MR) is 49.5 cm³/mol. The lowest BCUT2D eigenvalue weighted by Crippen LogP contribution is -2.22. The van der Waals surface area contributed by atoms with Crippen molar-refractivity contribution in [3.8, 4) is 5.88 Å². The first-order valence-corrected chi connectivity index (χ1v) is 3.88. The van der Waals surface area contributed by atoms with Crippen LogP contribution in [-0.2, 0) is 0 Å². The fourth-order valence-corrected chi connectivity index (χ4v) is 1.14. The fourth-order valence-electron chi connectivity index (χ4n) is 1.14. The van der Waals surface area contributed by atoms with Gasteiger partial charge in [-0.25, -0.2) is 9.78 Å². The van der Waals surface area contributed by atoms with Crippen LogP contribution in [0.1, 0.15) is 0 Å². The molecule has 0 saturated heterocycles. The molecule has 0 amide bonds. The first-order chi connectivity index (χ1) is 6.70. The summed E-state index contributed by atoms with van der Waals surface area (Å²) in [6.07, 6.45) is 0. The van der Waals surface area contributed by atoms with E-state index in [0.717, 1.165) is 0 Å². The van der Waals surface area contributed by atoms with Crippen LogP contribution >= 0.6 is 0 Å². The minimum absolute atomic E-state index is 0.156. The van der Waals surface area contributed by atoms with Crippen LogP contribution in [0.25, 0.3) is 11.0 Å². The normalized spacial score (nSPS) is 10.4. The van der Waals surface area contributed by atoms with Gasteiger partial charge in [0, 0.05) is 6.07 Å². The molecule has 6 heteroatoms. The van der Waals surface area contributed by atoms with E-state index in [4.69, 9.17) is 4.74 Å². The molecule has 0 spiro atoms. The van der Waals surface area contributed by atoms with Crippen molar-refractivity contribution in [2.75, 3.05) is 7.11 Å². The lowest BCUT2D eigenvalue weighted by molar-refractivity contribution is 0.399. The predicted octanol–water partition coefficient (Wildman–Crippen LogP) is -0.380. The lowest BCUT2D eigenvalue weighted by atomic mass is 10.3. The number of fused-ring (bicyclic) bond motifs is 1. The average molecular weight is 193 g/mol. The smallest absolute Gasteiger partial charge is 0.326 e. The van der Waals surface area contributed by atoms with Crippen LogP contribution in [0.3, 0.4) is 0 Å². The van der Waals surface area contributed by atoms with Crippen LogP contribution in [-0.4, -0.2) is 22.1 Å². The molecule has 0 aliphatic carbocycles. The number of pyridine rings is 1. The Bertz CT molecular complexity index is 584. The highest BCUT2D eigenvalue weighted by atomic mass is 16.5. The first-order valence-electron chi connectivity index (χ1n) is 3.88. The molecule has 6 nitrogen and oxygen atoms in total. The Hall–Kier alpha value is -2.11. The Labute approximate surface area is 77.6 Å². The summed E-state index contributed by atoms with van der Waals surface area (Å²) in [6, 6.07) is 3.13. The largest absolute Gasteiger partial charge is 0.481 e. The molecule has 0 fully saturated rings. The van der Waals surface area contributed by atoms with Gasteiger partial charge in [0.15, 0.2) is 5.52 Å². The van der Waals surface area contributed by atoms with Gasteiger partial charge in [-0.3, -0.25) is 9.78 Å². The summed E-state index contributed by atoms with van der Waals surface area (Å²) in [5, 5.41) is 0. The second-order valence-corrected chi connectivity index (χ2v) is 2.66. The molecule has 0 unspecified atom stereocenters. The summed E-state index contributed by atoms with van der Waals surface area (Å²) >= 11 is 0. The maximum atomic E-state index is 11.3. The fraction of sp³-hybridized carbons (Fsp3) is 0.125. The molecule has 0 saturated carbocycles. The van der Waals surface area contributed by atoms with Crippen LogP contribution in [0, 0.1) is 0 Å². The van der Waals surface area contributed by atoms with E-state index in [-0.39, 0.29) is 5.52 Å². The molecule has 0 aromatic carbocycles. The van der Waals surface area contributed by atoms with Crippen molar-refractivity contribution in [1.29, 1.82) is 0 Å². The van der Waals surface area contributed by atoms with Crippen molar-refractivity contribution < 1.29 is 4.74 Å². The summed E-state index contributed by atoms with van der Waals surface area (Å²) in [4.78, 5) is 30.6. The van der Waals surface area contributed by atoms with Gasteiger partial charge >= 0.3 is 5.69 Å². The average Bonchev–Trinajstić information content (AvgIpc) is 2.17. The van der Waals surface area contributed by atoms with Gasteiger partial charge in [-0.15, -0.1) is 0 Å². The number of nitrogens with zero attached hydrogens (tertiary/aromatic N) is 1. The minimum Gasteiger partial charge on any atom is -0.481 e. The molecule has 0 atom stereocenters. The second-order valence-electron chi connectivity index (χ2n) is 2.66. The third kappa shape index (κ3) is 1.26. The molecule has 2 aromatic rings. The van der Waals surface area contributed by atoms with Crippen molar-refractivity contribution in [2.24, 2.45) is 0 Å². The van der Waals surface area contributed by atoms with Gasteiger partial charge in [-0.05, 0) is 6.07 Å². The van der Waals surface area contributed by atoms with Crippen molar-refractivity contribution >= 4 is 11.0 Å². The maximum Gasteiger partial charge on any atom is 0.326 e. The topological polar surface area (TPSA) is 87.8 Å². The second kappa shape index (κ2) is 2.99. The van der Waals surface area contributed by atoms with Crippen molar-refractivity contribution in [3.05, 3.63) is 33.0 Å². The molecule has 2 aromatic heterocycles. The molecule has 0 radical (unpaired) electrons. The number of rotatable bonds is 1. The summed E-state index contributed by atoms with van der Waals surface area (Å²) in [5.74, 6) is 0.329. The van der Waals surface area contributed by atoms with Gasteiger partial charge in [0.05, 0.1) is 12.6 Å². The van der Waals surface area contributed by atoms with Crippen LogP contribution in [0.15, 0.2) is 21.7 Å². The summed E-state index contributed by atoms with van der Waals surface area (Å²) in [5.41, 5.74) is -0.527. The van der Waals surface area contributed by atoms with Crippen LogP contribution in [0.2, 0.25) is 0 Å². The van der Waals surface area contributed by atoms with Crippen LogP contribution in [0.4, 0.5) is 0 Å². The van der Waals surface area contributed by atoms with E-state index in [9.17, 15) is 9.59 Å². The molecule has 0 bridgehead atoms. The number of methoxy groups -OCH3 is 1. The van der Waals surface area contributed by atoms with E-state index in [0.29, 0.717) is 11.4 Å². The Morgan fingerprint density at radius 3 is 2.79 bits per heavy atom. The lowest BCUT2D eigenvalue weighted by Gasteiger charge is -1.99. The molecule has 72 valence electrons. The van der Waals surface area contributed by atoms with E-state index in [1.54, 1.807) is 12.1 Å². The quantitative estimate of drug-likeness (QED) is 0.646. The third-order valence-electron chi connectivity index (χ3n) is 1.77. The number of ether oxygens (including phenoxy) is 1. The molecule has 2 heterocycles. The zero-order valence-electron chi connectivity index (χ0n) is 7.33. The minimum atomic E-state index is -0.547. The van der Waals surface area contributed by atoms with Gasteiger partial charge in [-0.1, -0.05) is 0 Å². The Kier molecular flexibility index (Phi) is 1.81. The van der Waals surface area contributed by atoms with Gasteiger partial charge in [0.2, 0.25) is 5.88 Å². The Morgan fingerprint density at radius 2 is 2.07 bits per heavy atom. The zero-order valence-corrected chi connectivity index (χ0v) is 7.33. The number of H-pyrrole nitrogens is 2. The molecular formula is C8H7N3O3. The number of hydrogen-bond donors (Lipinski definition) is 2. The van der Waals surface area contributed by atoms with Crippen LogP contribution < -0.4 is 16.0 Å². The number of aromatic nitrogens is 3. The van der Waals surface area contributed by atoms with Crippen LogP contribution in [0.5, 0.6) is 5.88 Å². The molecule has 0 aliphatic heterocycles. The molecule has 2 rings (SSSR count). The molecule has 0 aliphatic rings. The van der Waals surface area contributed by atoms with Gasteiger partial charge in [0.25, 0.3) is 5.56 Å². The number of nitrogens with one attached hydrogen (secondary N) is 2. The molecule has 2 N–H and O–H groups in total. The highest BCUT2D eigenvalue weighted by molar-refractivity contribution is 5.72. The van der Waals surface area contributed by atoms with Gasteiger partial charge < -0.3 is 9.72 Å².